The van der Waals surface area contributed by atoms with Crippen molar-refractivity contribution in [2.45, 2.75) is 43.9 Å². The van der Waals surface area contributed by atoms with Crippen molar-refractivity contribution in [2.75, 3.05) is 5.32 Å². The van der Waals surface area contributed by atoms with Gasteiger partial charge in [-0.25, -0.2) is 8.42 Å². The molecule has 0 saturated heterocycles. The highest BCUT2D eigenvalue weighted by Crippen LogP contribution is 2.36. The van der Waals surface area contributed by atoms with Crippen LogP contribution >= 0.6 is 0 Å². The van der Waals surface area contributed by atoms with E-state index in [4.69, 9.17) is 0 Å². The lowest BCUT2D eigenvalue weighted by atomic mass is 10.1. The van der Waals surface area contributed by atoms with Gasteiger partial charge in [0.2, 0.25) is 9.84 Å². The second kappa shape index (κ2) is 8.16. The van der Waals surface area contributed by atoms with E-state index in [2.05, 4.69) is 17.2 Å². The smallest absolute Gasteiger partial charge is 0.210 e. The van der Waals surface area contributed by atoms with Crippen molar-refractivity contribution in [3.63, 3.8) is 0 Å². The molecule has 0 aliphatic rings. The van der Waals surface area contributed by atoms with Gasteiger partial charge in [0.25, 0.3) is 0 Å². The molecular weight excluding hydrogens is 404 g/mol. The molecule has 1 N–H and O–H groups in total. The highest BCUT2D eigenvalue weighted by Gasteiger charge is 2.24. The molecule has 0 aliphatic carbocycles. The largest absolute Gasteiger partial charge is 0.354 e. The molecule has 0 unspecified atom stereocenters. The zero-order chi connectivity index (χ0) is 22.2. The van der Waals surface area contributed by atoms with E-state index in [-0.39, 0.29) is 9.79 Å². The minimum atomic E-state index is -3.76. The zero-order valence-electron chi connectivity index (χ0n) is 18.2. The summed E-state index contributed by atoms with van der Waals surface area (Å²) in [6, 6.07) is 19.0. The predicted octanol–water partition coefficient (Wildman–Crippen LogP) is 6.30. The number of rotatable bonds is 5. The summed E-state index contributed by atoms with van der Waals surface area (Å²) >= 11 is 0. The highest BCUT2D eigenvalue weighted by atomic mass is 32.2. The average Bonchev–Trinajstić information content (AvgIpc) is 2.76. The fourth-order valence-electron chi connectivity index (χ4n) is 3.62. The van der Waals surface area contributed by atoms with Crippen LogP contribution in [0, 0.1) is 20.8 Å². The van der Waals surface area contributed by atoms with Gasteiger partial charge >= 0.3 is 0 Å². The molecule has 0 radical (unpaired) electrons. The molecule has 4 rings (SSSR count). The summed E-state index contributed by atoms with van der Waals surface area (Å²) in [6.45, 7) is 8.14. The second-order valence-corrected chi connectivity index (χ2v) is 9.86. The van der Waals surface area contributed by atoms with Crippen LogP contribution in [0.2, 0.25) is 0 Å². The number of pyridine rings is 1. The van der Waals surface area contributed by atoms with Crippen molar-refractivity contribution >= 4 is 32.1 Å². The number of nitrogens with one attached hydrogen (secondary N) is 1. The molecule has 5 heteroatoms. The number of fused-ring (bicyclic) bond motifs is 1. The first kappa shape index (κ1) is 21.1. The highest BCUT2D eigenvalue weighted by molar-refractivity contribution is 7.91. The molecule has 0 aliphatic heterocycles. The van der Waals surface area contributed by atoms with Gasteiger partial charge in [0, 0.05) is 17.3 Å². The van der Waals surface area contributed by atoms with E-state index in [9.17, 15) is 8.42 Å². The first-order valence-electron chi connectivity index (χ1n) is 10.4. The molecule has 1 aromatic heterocycles. The average molecular weight is 431 g/mol. The lowest BCUT2D eigenvalue weighted by Crippen LogP contribution is -2.08. The number of sulfone groups is 1. The summed E-state index contributed by atoms with van der Waals surface area (Å²) < 4.78 is 27.2. The maximum absolute atomic E-state index is 13.6. The number of aryl methyl sites for hydroxylation is 4. The molecule has 0 fully saturated rings. The van der Waals surface area contributed by atoms with Gasteiger partial charge in [-0.3, -0.25) is 4.98 Å². The Balaban J connectivity index is 1.93. The number of hydrogen-bond acceptors (Lipinski definition) is 4. The van der Waals surface area contributed by atoms with Crippen LogP contribution < -0.4 is 5.32 Å². The number of aromatic nitrogens is 1. The molecule has 1 heterocycles. The summed E-state index contributed by atoms with van der Waals surface area (Å²) in [7, 11) is -3.76. The molecule has 4 aromatic rings. The van der Waals surface area contributed by atoms with E-state index in [1.807, 2.05) is 69.3 Å². The van der Waals surface area contributed by atoms with Gasteiger partial charge in [0.1, 0.15) is 4.90 Å². The lowest BCUT2D eigenvalue weighted by Gasteiger charge is -2.16. The Labute approximate surface area is 183 Å². The maximum atomic E-state index is 13.6. The molecule has 3 aromatic carbocycles. The van der Waals surface area contributed by atoms with Crippen LogP contribution in [0.3, 0.4) is 0 Å². The Morgan fingerprint density at radius 1 is 0.871 bits per heavy atom. The van der Waals surface area contributed by atoms with Crippen molar-refractivity contribution < 1.29 is 8.42 Å². The quantitative estimate of drug-likeness (QED) is 0.404. The first-order chi connectivity index (χ1) is 14.8. The summed E-state index contributed by atoms with van der Waals surface area (Å²) in [6.07, 6.45) is 2.32. The van der Waals surface area contributed by atoms with E-state index in [0.717, 1.165) is 39.7 Å². The first-order valence-corrected chi connectivity index (χ1v) is 11.9. The van der Waals surface area contributed by atoms with E-state index in [1.165, 1.54) is 11.8 Å². The van der Waals surface area contributed by atoms with Crippen molar-refractivity contribution in [3.8, 4) is 0 Å². The minimum Gasteiger partial charge on any atom is -0.354 e. The van der Waals surface area contributed by atoms with Crippen molar-refractivity contribution in [2.24, 2.45) is 0 Å². The third kappa shape index (κ3) is 4.06. The molecule has 0 amide bonds. The topological polar surface area (TPSA) is 59.1 Å². The summed E-state index contributed by atoms with van der Waals surface area (Å²) in [5.41, 5.74) is 6.60. The van der Waals surface area contributed by atoms with E-state index in [1.54, 1.807) is 12.1 Å². The molecule has 158 valence electrons. The van der Waals surface area contributed by atoms with Crippen LogP contribution in [0.4, 0.5) is 11.4 Å². The number of anilines is 2. The molecule has 4 nitrogen and oxygen atoms in total. The number of benzene rings is 3. The van der Waals surface area contributed by atoms with Crippen LogP contribution in [0.25, 0.3) is 10.9 Å². The van der Waals surface area contributed by atoms with Gasteiger partial charge < -0.3 is 5.32 Å². The van der Waals surface area contributed by atoms with E-state index < -0.39 is 9.84 Å². The van der Waals surface area contributed by atoms with Crippen molar-refractivity contribution in [1.82, 2.24) is 4.98 Å². The Bertz CT molecular complexity index is 1370. The normalized spacial score (nSPS) is 11.6. The Morgan fingerprint density at radius 2 is 1.61 bits per heavy atom. The second-order valence-electron chi connectivity index (χ2n) is 7.94. The van der Waals surface area contributed by atoms with Crippen LogP contribution in [-0.4, -0.2) is 13.4 Å². The SMILES string of the molecule is CCc1ccc(S(=O)(=O)c2cnc3ccc(C)cc3c2Nc2ccc(C)c(C)c2)cc1. The number of nitrogens with zero attached hydrogens (tertiary/aromatic N) is 1. The standard InChI is InChI=1S/C26H26N2O2S/c1-5-20-8-11-22(12-9-20)31(29,30)25-16-27-24-13-6-17(2)14-23(24)26(25)28-21-10-7-18(3)19(4)15-21/h6-16H,5H2,1-4H3,(H,27,28). The van der Waals surface area contributed by atoms with Crippen LogP contribution in [-0.2, 0) is 16.3 Å². The third-order valence-electron chi connectivity index (χ3n) is 5.70. The Hall–Kier alpha value is -3.18. The van der Waals surface area contributed by atoms with Crippen LogP contribution in [0.5, 0.6) is 0 Å². The number of hydrogen-bond donors (Lipinski definition) is 1. The fraction of sp³-hybridized carbons (Fsp3) is 0.192. The van der Waals surface area contributed by atoms with Crippen molar-refractivity contribution in [3.05, 3.63) is 89.1 Å². The van der Waals surface area contributed by atoms with Gasteiger partial charge in [-0.1, -0.05) is 36.8 Å². The van der Waals surface area contributed by atoms with Gasteiger partial charge in [-0.2, -0.15) is 0 Å². The molecule has 0 atom stereocenters. The van der Waals surface area contributed by atoms with Gasteiger partial charge in [-0.05, 0) is 80.3 Å². The molecular formula is C26H26N2O2S. The summed E-state index contributed by atoms with van der Waals surface area (Å²) in [5.74, 6) is 0. The molecule has 0 bridgehead atoms. The lowest BCUT2D eigenvalue weighted by molar-refractivity contribution is 0.596. The summed E-state index contributed by atoms with van der Waals surface area (Å²) in [5, 5.41) is 4.17. The fourth-order valence-corrected chi connectivity index (χ4v) is 4.99. The molecule has 0 spiro atoms. The molecule has 0 saturated carbocycles. The zero-order valence-corrected chi connectivity index (χ0v) is 19.0. The van der Waals surface area contributed by atoms with Crippen LogP contribution in [0.15, 0.2) is 76.7 Å². The predicted molar refractivity (Wildman–Crippen MR) is 127 cm³/mol. The maximum Gasteiger partial charge on any atom is 0.210 e. The van der Waals surface area contributed by atoms with Crippen molar-refractivity contribution in [1.29, 1.82) is 0 Å². The van der Waals surface area contributed by atoms with Gasteiger partial charge in [0.05, 0.1) is 16.1 Å². The minimum absolute atomic E-state index is 0.174. The van der Waals surface area contributed by atoms with Gasteiger partial charge in [-0.15, -0.1) is 0 Å². The monoisotopic (exact) mass is 430 g/mol. The summed E-state index contributed by atoms with van der Waals surface area (Å²) in [4.78, 5) is 4.90. The third-order valence-corrected chi connectivity index (χ3v) is 7.48. The van der Waals surface area contributed by atoms with E-state index in [0.29, 0.717) is 5.69 Å². The van der Waals surface area contributed by atoms with E-state index >= 15 is 0 Å². The van der Waals surface area contributed by atoms with Crippen LogP contribution in [0.1, 0.15) is 29.2 Å². The molecule has 31 heavy (non-hydrogen) atoms. The Morgan fingerprint density at radius 3 is 2.29 bits per heavy atom. The Kier molecular flexibility index (Phi) is 5.54. The van der Waals surface area contributed by atoms with Gasteiger partial charge in [0.15, 0.2) is 0 Å².